The molecule has 2 rings (SSSR count). The van der Waals surface area contributed by atoms with Crippen LogP contribution < -0.4 is 10.9 Å². The number of benzene rings is 1. The van der Waals surface area contributed by atoms with Crippen LogP contribution in [0.15, 0.2) is 29.2 Å². The number of aromatic carboxylic acids is 1. The van der Waals surface area contributed by atoms with Crippen LogP contribution in [0.25, 0.3) is 10.9 Å². The first-order valence-corrected chi connectivity index (χ1v) is 9.00. The van der Waals surface area contributed by atoms with E-state index in [2.05, 4.69) is 0 Å². The van der Waals surface area contributed by atoms with Gasteiger partial charge in [0, 0.05) is 31.3 Å². The fourth-order valence-corrected chi connectivity index (χ4v) is 2.83. The lowest BCUT2D eigenvalue weighted by molar-refractivity contribution is 0.0365. The summed E-state index contributed by atoms with van der Waals surface area (Å²) in [6, 6.07) is 5.60. The summed E-state index contributed by atoms with van der Waals surface area (Å²) in [5.41, 5.74) is 3.06. The van der Waals surface area contributed by atoms with E-state index in [9.17, 15) is 14.7 Å². The third-order valence-electron chi connectivity index (χ3n) is 4.20. The standard InChI is InChI=1S/C19H26N2O6/c1-2-21-13-16(19(23)24)18(22)15-12-14(5-6-17(15)21)4-3-8-26-10-11-27-9-7-20-25/h5-6,12-13,20,25H,2-4,7-11H2,1H3,(H,23,24). The molecule has 0 bridgehead atoms. The number of hydrogen-bond donors (Lipinski definition) is 3. The number of ether oxygens (including phenoxy) is 2. The number of hydrogen-bond acceptors (Lipinski definition) is 6. The molecule has 1 aromatic carbocycles. The molecule has 0 saturated heterocycles. The van der Waals surface area contributed by atoms with Crippen molar-refractivity contribution in [2.75, 3.05) is 33.0 Å². The molecule has 8 heteroatoms. The van der Waals surface area contributed by atoms with Crippen LogP contribution in [0.3, 0.4) is 0 Å². The molecular weight excluding hydrogens is 352 g/mol. The summed E-state index contributed by atoms with van der Waals surface area (Å²) in [5.74, 6) is -1.21. The highest BCUT2D eigenvalue weighted by Gasteiger charge is 2.14. The van der Waals surface area contributed by atoms with Gasteiger partial charge in [-0.15, -0.1) is 0 Å². The van der Waals surface area contributed by atoms with Crippen molar-refractivity contribution in [2.24, 2.45) is 0 Å². The summed E-state index contributed by atoms with van der Waals surface area (Å²) in [5, 5.41) is 18.1. The zero-order chi connectivity index (χ0) is 19.6. The van der Waals surface area contributed by atoms with E-state index >= 15 is 0 Å². The monoisotopic (exact) mass is 378 g/mol. The third kappa shape index (κ3) is 5.86. The van der Waals surface area contributed by atoms with Gasteiger partial charge in [-0.25, -0.2) is 10.3 Å². The van der Waals surface area contributed by atoms with E-state index in [1.54, 1.807) is 10.6 Å². The Bertz CT molecular complexity index is 818. The molecule has 0 aliphatic carbocycles. The van der Waals surface area contributed by atoms with Crippen molar-refractivity contribution in [3.63, 3.8) is 0 Å². The molecule has 8 nitrogen and oxygen atoms in total. The molecule has 0 amide bonds. The number of hydroxylamine groups is 1. The first-order valence-electron chi connectivity index (χ1n) is 9.00. The number of rotatable bonds is 12. The van der Waals surface area contributed by atoms with Gasteiger partial charge >= 0.3 is 5.97 Å². The van der Waals surface area contributed by atoms with Crippen molar-refractivity contribution in [1.29, 1.82) is 0 Å². The molecule has 27 heavy (non-hydrogen) atoms. The van der Waals surface area contributed by atoms with Crippen molar-refractivity contribution in [3.05, 3.63) is 45.7 Å². The Morgan fingerprint density at radius 2 is 1.93 bits per heavy atom. The van der Waals surface area contributed by atoms with Gasteiger partial charge in [0.05, 0.1) is 25.3 Å². The quantitative estimate of drug-likeness (QED) is 0.381. The van der Waals surface area contributed by atoms with Gasteiger partial charge in [-0.2, -0.15) is 0 Å². The smallest absolute Gasteiger partial charge is 0.341 e. The van der Waals surface area contributed by atoms with E-state index in [4.69, 9.17) is 14.7 Å². The lowest BCUT2D eigenvalue weighted by Crippen LogP contribution is -2.18. The number of aryl methyl sites for hydroxylation is 2. The van der Waals surface area contributed by atoms with E-state index in [-0.39, 0.29) is 5.56 Å². The van der Waals surface area contributed by atoms with Crippen LogP contribution in [0.4, 0.5) is 0 Å². The zero-order valence-electron chi connectivity index (χ0n) is 15.4. The van der Waals surface area contributed by atoms with E-state index < -0.39 is 11.4 Å². The molecule has 3 N–H and O–H groups in total. The Morgan fingerprint density at radius 1 is 1.19 bits per heavy atom. The maximum atomic E-state index is 12.5. The molecule has 0 atom stereocenters. The summed E-state index contributed by atoms with van der Waals surface area (Å²) in [4.78, 5) is 23.8. The van der Waals surface area contributed by atoms with Gasteiger partial charge in [0.15, 0.2) is 0 Å². The number of carbonyl (C=O) groups is 1. The maximum absolute atomic E-state index is 12.5. The lowest BCUT2D eigenvalue weighted by Gasteiger charge is -2.11. The summed E-state index contributed by atoms with van der Waals surface area (Å²) < 4.78 is 12.5. The molecule has 148 valence electrons. The van der Waals surface area contributed by atoms with Crippen LogP contribution in [0.5, 0.6) is 0 Å². The number of carboxylic acids is 1. The van der Waals surface area contributed by atoms with Crippen molar-refractivity contribution in [3.8, 4) is 0 Å². The first-order chi connectivity index (χ1) is 13.1. The zero-order valence-corrected chi connectivity index (χ0v) is 15.4. The highest BCUT2D eigenvalue weighted by molar-refractivity contribution is 5.92. The predicted molar refractivity (Wildman–Crippen MR) is 101 cm³/mol. The molecule has 0 saturated carbocycles. The minimum atomic E-state index is -1.21. The number of nitrogens with zero attached hydrogens (tertiary/aromatic N) is 1. The van der Waals surface area contributed by atoms with Gasteiger partial charge in [-0.1, -0.05) is 6.07 Å². The Hall–Kier alpha value is -2.26. The molecule has 0 aliphatic heterocycles. The van der Waals surface area contributed by atoms with Crippen molar-refractivity contribution in [1.82, 2.24) is 10.0 Å². The number of pyridine rings is 1. The minimum Gasteiger partial charge on any atom is -0.477 e. The Morgan fingerprint density at radius 3 is 2.59 bits per heavy atom. The van der Waals surface area contributed by atoms with Gasteiger partial charge in [-0.05, 0) is 37.5 Å². The fourth-order valence-electron chi connectivity index (χ4n) is 2.83. The topological polar surface area (TPSA) is 110 Å². The van der Waals surface area contributed by atoms with Gasteiger partial charge in [0.1, 0.15) is 5.56 Å². The van der Waals surface area contributed by atoms with Crippen LogP contribution >= 0.6 is 0 Å². The van der Waals surface area contributed by atoms with Gasteiger partial charge in [0.2, 0.25) is 5.43 Å². The van der Waals surface area contributed by atoms with E-state index in [1.165, 1.54) is 6.20 Å². The second-order valence-corrected chi connectivity index (χ2v) is 6.05. The lowest BCUT2D eigenvalue weighted by atomic mass is 10.0. The van der Waals surface area contributed by atoms with Crippen LogP contribution in [0.2, 0.25) is 0 Å². The second kappa shape index (κ2) is 10.8. The van der Waals surface area contributed by atoms with Gasteiger partial charge < -0.3 is 24.4 Å². The van der Waals surface area contributed by atoms with E-state index in [1.807, 2.05) is 24.5 Å². The predicted octanol–water partition coefficient (Wildman–Crippen LogP) is 1.66. The number of fused-ring (bicyclic) bond motifs is 1. The molecule has 0 fully saturated rings. The largest absolute Gasteiger partial charge is 0.477 e. The van der Waals surface area contributed by atoms with Crippen molar-refractivity contribution in [2.45, 2.75) is 26.3 Å². The summed E-state index contributed by atoms with van der Waals surface area (Å²) in [7, 11) is 0. The van der Waals surface area contributed by atoms with Crippen LogP contribution in [-0.2, 0) is 22.4 Å². The molecule has 0 unspecified atom stereocenters. The highest BCUT2D eigenvalue weighted by atomic mass is 16.5. The summed E-state index contributed by atoms with van der Waals surface area (Å²) >= 11 is 0. The number of nitrogens with one attached hydrogen (secondary N) is 1. The van der Waals surface area contributed by atoms with Gasteiger partial charge in [-0.3, -0.25) is 4.79 Å². The molecular formula is C19H26N2O6. The minimum absolute atomic E-state index is 0.207. The summed E-state index contributed by atoms with van der Waals surface area (Å²) in [6.07, 6.45) is 2.91. The Labute approximate surface area is 157 Å². The maximum Gasteiger partial charge on any atom is 0.341 e. The van der Waals surface area contributed by atoms with E-state index in [0.29, 0.717) is 44.9 Å². The van der Waals surface area contributed by atoms with Crippen LogP contribution in [0, 0.1) is 0 Å². The number of carboxylic acid groups (broad SMARTS) is 1. The normalized spacial score (nSPS) is 11.2. The molecule has 1 aromatic heterocycles. The number of aromatic nitrogens is 1. The average molecular weight is 378 g/mol. The molecule has 2 aromatic rings. The molecule has 0 spiro atoms. The van der Waals surface area contributed by atoms with E-state index in [0.717, 1.165) is 23.9 Å². The SMILES string of the molecule is CCn1cc(C(=O)O)c(=O)c2cc(CCCOCCOCCNO)ccc21. The molecule has 1 heterocycles. The average Bonchev–Trinajstić information content (AvgIpc) is 2.67. The van der Waals surface area contributed by atoms with Crippen LogP contribution in [-0.4, -0.2) is 53.8 Å². The van der Waals surface area contributed by atoms with Crippen molar-refractivity contribution >= 4 is 16.9 Å². The second-order valence-electron chi connectivity index (χ2n) is 6.05. The van der Waals surface area contributed by atoms with Crippen molar-refractivity contribution < 1.29 is 24.6 Å². The summed E-state index contributed by atoms with van der Waals surface area (Å²) in [6.45, 7) is 4.80. The molecule has 0 aliphatic rings. The molecule has 0 radical (unpaired) electrons. The third-order valence-corrected chi connectivity index (χ3v) is 4.20. The Balaban J connectivity index is 1.95. The fraction of sp³-hybridized carbons (Fsp3) is 0.474. The highest BCUT2D eigenvalue weighted by Crippen LogP contribution is 2.16. The van der Waals surface area contributed by atoms with Gasteiger partial charge in [0.25, 0.3) is 0 Å². The first kappa shape index (κ1) is 21.0. The van der Waals surface area contributed by atoms with Crippen LogP contribution in [0.1, 0.15) is 29.3 Å². The Kier molecular flexibility index (Phi) is 8.41.